The molecule has 4 aromatic rings. The Morgan fingerprint density at radius 3 is 2.38 bits per heavy atom. The lowest BCUT2D eigenvalue weighted by molar-refractivity contribution is -0.142. The Morgan fingerprint density at radius 1 is 0.979 bits per heavy atom. The van der Waals surface area contributed by atoms with E-state index in [4.69, 9.17) is 18.9 Å². The number of rotatable bonds is 10. The molecule has 1 aliphatic carbocycles. The highest BCUT2D eigenvalue weighted by atomic mass is 19.4. The first-order valence-corrected chi connectivity index (χ1v) is 14.8. The van der Waals surface area contributed by atoms with Gasteiger partial charge in [-0.25, -0.2) is 24.7 Å². The second-order valence-corrected chi connectivity index (χ2v) is 10.8. The summed E-state index contributed by atoms with van der Waals surface area (Å²) in [6.07, 6.45) is 4.81. The quantitative estimate of drug-likeness (QED) is 0.255. The number of carbonyl (C=O) groups is 1. The highest BCUT2D eigenvalue weighted by molar-refractivity contribution is 5.87. The van der Waals surface area contributed by atoms with Gasteiger partial charge in [0.05, 0.1) is 44.1 Å². The van der Waals surface area contributed by atoms with Gasteiger partial charge in [-0.1, -0.05) is 6.07 Å². The van der Waals surface area contributed by atoms with Crippen LogP contribution in [0.1, 0.15) is 36.9 Å². The molecule has 1 amide bonds. The maximum atomic E-state index is 13.5. The zero-order chi connectivity index (χ0) is 32.8. The topological polar surface area (TPSA) is 159 Å². The average molecular weight is 654 g/mol. The normalized spacial score (nSPS) is 18.1. The third-order valence-corrected chi connectivity index (χ3v) is 7.60. The molecule has 6 rings (SSSR count). The van der Waals surface area contributed by atoms with Crippen molar-refractivity contribution in [2.24, 2.45) is 0 Å². The van der Waals surface area contributed by atoms with E-state index in [1.54, 1.807) is 36.8 Å². The van der Waals surface area contributed by atoms with Crippen molar-refractivity contribution in [3.8, 4) is 23.1 Å². The molecule has 0 unspecified atom stereocenters. The van der Waals surface area contributed by atoms with Crippen molar-refractivity contribution < 1.29 is 36.9 Å². The SMILES string of the molecule is COc1ncc(-c2cnc(N(C(=O)OCc3ccccn3)C3CCC(Nc4ncc(C(F)(F)F)c(OC5COC5)n4)CC3)cn2)cn1. The fourth-order valence-corrected chi connectivity index (χ4v) is 5.09. The van der Waals surface area contributed by atoms with E-state index < -0.39 is 29.8 Å². The lowest BCUT2D eigenvalue weighted by atomic mass is 9.90. The van der Waals surface area contributed by atoms with Gasteiger partial charge in [-0.05, 0) is 37.8 Å². The molecule has 0 aromatic carbocycles. The molecular weight excluding hydrogens is 623 g/mol. The molecule has 0 atom stereocenters. The Morgan fingerprint density at radius 2 is 1.77 bits per heavy atom. The van der Waals surface area contributed by atoms with Gasteiger partial charge in [-0.3, -0.25) is 14.9 Å². The van der Waals surface area contributed by atoms with Crippen LogP contribution < -0.4 is 19.7 Å². The molecule has 4 aromatic heterocycles. The minimum atomic E-state index is -4.67. The number of pyridine rings is 1. The fourth-order valence-electron chi connectivity index (χ4n) is 5.09. The summed E-state index contributed by atoms with van der Waals surface area (Å²) in [4.78, 5) is 44.3. The summed E-state index contributed by atoms with van der Waals surface area (Å²) in [6, 6.07) is 5.05. The summed E-state index contributed by atoms with van der Waals surface area (Å²) in [6.45, 7) is 0.347. The van der Waals surface area contributed by atoms with Gasteiger partial charge in [0.2, 0.25) is 11.8 Å². The Labute approximate surface area is 266 Å². The molecule has 0 bridgehead atoms. The number of anilines is 2. The lowest BCUT2D eigenvalue weighted by Crippen LogP contribution is -2.45. The third kappa shape index (κ3) is 7.79. The predicted molar refractivity (Wildman–Crippen MR) is 158 cm³/mol. The minimum Gasteiger partial charge on any atom is -0.469 e. The van der Waals surface area contributed by atoms with E-state index in [9.17, 15) is 18.0 Å². The molecule has 5 heterocycles. The third-order valence-electron chi connectivity index (χ3n) is 7.60. The fraction of sp³-hybridized carbons (Fsp3) is 0.400. The van der Waals surface area contributed by atoms with E-state index in [0.717, 1.165) is 6.20 Å². The monoisotopic (exact) mass is 653 g/mol. The highest BCUT2D eigenvalue weighted by Crippen LogP contribution is 2.36. The molecule has 1 N–H and O–H groups in total. The molecule has 14 nitrogen and oxygen atoms in total. The van der Waals surface area contributed by atoms with Crippen molar-refractivity contribution in [2.75, 3.05) is 30.5 Å². The first-order chi connectivity index (χ1) is 22.8. The number of hydrogen-bond acceptors (Lipinski definition) is 13. The number of ether oxygens (including phenoxy) is 4. The number of aromatic nitrogens is 7. The van der Waals surface area contributed by atoms with Gasteiger partial charge in [0, 0.05) is 42.4 Å². The Hall–Kier alpha value is -5.19. The van der Waals surface area contributed by atoms with Crippen LogP contribution in [-0.4, -0.2) is 79.5 Å². The molecule has 2 fully saturated rings. The van der Waals surface area contributed by atoms with E-state index in [1.807, 2.05) is 0 Å². The van der Waals surface area contributed by atoms with Gasteiger partial charge in [0.1, 0.15) is 18.3 Å². The van der Waals surface area contributed by atoms with Gasteiger partial charge in [0.15, 0.2) is 5.82 Å². The van der Waals surface area contributed by atoms with Crippen LogP contribution in [0.4, 0.5) is 29.7 Å². The van der Waals surface area contributed by atoms with Crippen LogP contribution in [0.15, 0.2) is 55.4 Å². The maximum absolute atomic E-state index is 13.5. The van der Waals surface area contributed by atoms with E-state index in [1.165, 1.54) is 24.4 Å². The summed E-state index contributed by atoms with van der Waals surface area (Å²) in [7, 11) is 1.47. The Bertz CT molecular complexity index is 1640. The van der Waals surface area contributed by atoms with Crippen LogP contribution in [0, 0.1) is 0 Å². The molecule has 1 saturated heterocycles. The Kier molecular flexibility index (Phi) is 9.51. The molecule has 0 spiro atoms. The maximum Gasteiger partial charge on any atom is 0.423 e. The predicted octanol–water partition coefficient (Wildman–Crippen LogP) is 4.49. The summed E-state index contributed by atoms with van der Waals surface area (Å²) in [5.74, 6) is -0.229. The minimum absolute atomic E-state index is 0.0206. The van der Waals surface area contributed by atoms with E-state index in [-0.39, 0.29) is 43.9 Å². The molecule has 0 radical (unpaired) electrons. The number of nitrogens with zero attached hydrogens (tertiary/aromatic N) is 8. The molecule has 17 heteroatoms. The second kappa shape index (κ2) is 14.1. The van der Waals surface area contributed by atoms with Crippen molar-refractivity contribution in [1.82, 2.24) is 34.9 Å². The first-order valence-electron chi connectivity index (χ1n) is 14.8. The first kappa shape index (κ1) is 31.8. The molecule has 1 saturated carbocycles. The van der Waals surface area contributed by atoms with E-state index in [0.29, 0.717) is 48.5 Å². The zero-order valence-corrected chi connectivity index (χ0v) is 25.1. The van der Waals surface area contributed by atoms with Crippen molar-refractivity contribution in [1.29, 1.82) is 0 Å². The van der Waals surface area contributed by atoms with Gasteiger partial charge in [0.25, 0.3) is 0 Å². The Balaban J connectivity index is 1.15. The lowest BCUT2D eigenvalue weighted by Gasteiger charge is -2.35. The molecular formula is C30H30F3N9O5. The van der Waals surface area contributed by atoms with Crippen molar-refractivity contribution in [3.05, 3.63) is 66.6 Å². The van der Waals surface area contributed by atoms with Gasteiger partial charge in [-0.2, -0.15) is 18.2 Å². The van der Waals surface area contributed by atoms with Crippen LogP contribution in [0.5, 0.6) is 11.9 Å². The van der Waals surface area contributed by atoms with Crippen LogP contribution in [0.25, 0.3) is 11.3 Å². The average Bonchev–Trinajstić information content (AvgIpc) is 3.07. The van der Waals surface area contributed by atoms with Crippen molar-refractivity contribution in [3.63, 3.8) is 0 Å². The van der Waals surface area contributed by atoms with Crippen LogP contribution in [0.2, 0.25) is 0 Å². The molecule has 246 valence electrons. The number of carbonyl (C=O) groups excluding carboxylic acids is 1. The van der Waals surface area contributed by atoms with Gasteiger partial charge >= 0.3 is 18.3 Å². The number of amides is 1. The van der Waals surface area contributed by atoms with Crippen molar-refractivity contribution in [2.45, 2.75) is 56.7 Å². The number of nitrogens with one attached hydrogen (secondary N) is 1. The summed E-state index contributed by atoms with van der Waals surface area (Å²) < 4.78 is 61.7. The number of halogens is 3. The molecule has 1 aliphatic heterocycles. The zero-order valence-electron chi connectivity index (χ0n) is 25.1. The molecule has 47 heavy (non-hydrogen) atoms. The largest absolute Gasteiger partial charge is 0.469 e. The van der Waals surface area contributed by atoms with Gasteiger partial charge in [-0.15, -0.1) is 0 Å². The summed E-state index contributed by atoms with van der Waals surface area (Å²) in [5.41, 5.74) is 0.640. The summed E-state index contributed by atoms with van der Waals surface area (Å²) >= 11 is 0. The number of alkyl halides is 3. The standard InChI is InChI=1S/C30H30F3N9O5/c1-44-28-38-10-18(11-39-28)24-13-36-25(14-35-24)42(29(43)46-15-20-4-2-3-9-34-20)21-7-5-19(6-8-21)40-27-37-12-23(30(31,32)33)26(41-27)47-22-16-45-17-22/h2-4,9-14,19,21-22H,5-8,15-17H2,1H3,(H,37,40,41). The van der Waals surface area contributed by atoms with E-state index in [2.05, 4.69) is 40.2 Å². The van der Waals surface area contributed by atoms with Crippen LogP contribution in [0.3, 0.4) is 0 Å². The second-order valence-electron chi connectivity index (χ2n) is 10.8. The van der Waals surface area contributed by atoms with Crippen molar-refractivity contribution >= 4 is 17.9 Å². The van der Waals surface area contributed by atoms with Gasteiger partial charge < -0.3 is 24.3 Å². The summed E-state index contributed by atoms with van der Waals surface area (Å²) in [5, 5.41) is 3.13. The number of methoxy groups -OCH3 is 1. The van der Waals surface area contributed by atoms with E-state index >= 15 is 0 Å². The van der Waals surface area contributed by atoms with Crippen LogP contribution >= 0.6 is 0 Å². The highest BCUT2D eigenvalue weighted by Gasteiger charge is 2.38. The van der Waals surface area contributed by atoms with Crippen LogP contribution in [-0.2, 0) is 22.3 Å². The smallest absolute Gasteiger partial charge is 0.423 e. The molecule has 2 aliphatic rings. The number of hydrogen-bond donors (Lipinski definition) is 1.